The fraction of sp³-hybridized carbons (Fsp3) is 0.500. The predicted molar refractivity (Wildman–Crippen MR) is 36.4 cm³/mol. The summed E-state index contributed by atoms with van der Waals surface area (Å²) in [5.41, 5.74) is 0.539. The Kier molecular flexibility index (Phi) is 2.18. The van der Waals surface area contributed by atoms with E-state index in [4.69, 9.17) is 10.00 Å². The summed E-state index contributed by atoms with van der Waals surface area (Å²) < 4.78 is 4.82. The number of aromatic nitrogens is 3. The van der Waals surface area contributed by atoms with Crippen LogP contribution in [-0.4, -0.2) is 22.1 Å². The molecule has 0 aliphatic rings. The largest absolute Gasteiger partial charge is 0.360 e. The average Bonchev–Trinajstić information content (AvgIpc) is 2.39. The van der Waals surface area contributed by atoms with Gasteiger partial charge in [0.05, 0.1) is 6.20 Å². The second-order valence-electron chi connectivity index (χ2n) is 2.00. The van der Waals surface area contributed by atoms with E-state index in [1.165, 1.54) is 18.1 Å². The topological polar surface area (TPSA) is 63.7 Å². The number of aryl methyl sites for hydroxylation is 1. The number of nitrogens with zero attached hydrogens (tertiary/aromatic N) is 4. The van der Waals surface area contributed by atoms with Gasteiger partial charge in [0.15, 0.2) is 6.10 Å². The Bertz CT molecular complexity index is 274. The summed E-state index contributed by atoms with van der Waals surface area (Å²) in [5.74, 6) is 0. The molecule has 1 rings (SSSR count). The molecule has 0 amide bonds. The van der Waals surface area contributed by atoms with E-state index in [9.17, 15) is 0 Å². The summed E-state index contributed by atoms with van der Waals surface area (Å²) in [6.45, 7) is 0. The maximum absolute atomic E-state index is 8.54. The monoisotopic (exact) mass is 152 g/mol. The molecule has 1 aromatic heterocycles. The Morgan fingerprint density at radius 2 is 2.55 bits per heavy atom. The van der Waals surface area contributed by atoms with Crippen molar-refractivity contribution in [1.82, 2.24) is 15.0 Å². The van der Waals surface area contributed by atoms with E-state index in [1.807, 2.05) is 6.07 Å². The van der Waals surface area contributed by atoms with Gasteiger partial charge in [0.1, 0.15) is 11.8 Å². The zero-order chi connectivity index (χ0) is 8.27. The molecule has 0 saturated carbocycles. The van der Waals surface area contributed by atoms with Crippen molar-refractivity contribution in [1.29, 1.82) is 5.26 Å². The molecule has 5 nitrogen and oxygen atoms in total. The van der Waals surface area contributed by atoms with E-state index >= 15 is 0 Å². The maximum Gasteiger partial charge on any atom is 0.188 e. The van der Waals surface area contributed by atoms with E-state index in [0.29, 0.717) is 5.69 Å². The minimum Gasteiger partial charge on any atom is -0.360 e. The average molecular weight is 152 g/mol. The molecule has 0 spiro atoms. The van der Waals surface area contributed by atoms with E-state index in [-0.39, 0.29) is 0 Å². The number of hydrogen-bond acceptors (Lipinski definition) is 4. The van der Waals surface area contributed by atoms with Gasteiger partial charge in [-0.1, -0.05) is 0 Å². The van der Waals surface area contributed by atoms with E-state index < -0.39 is 6.10 Å². The first-order chi connectivity index (χ1) is 5.27. The van der Waals surface area contributed by atoms with Crippen LogP contribution in [0, 0.1) is 11.3 Å². The van der Waals surface area contributed by atoms with E-state index in [1.54, 1.807) is 7.05 Å². The summed E-state index contributed by atoms with van der Waals surface area (Å²) in [5, 5.41) is 16.3. The molecule has 11 heavy (non-hydrogen) atoms. The van der Waals surface area contributed by atoms with Gasteiger partial charge in [0.2, 0.25) is 0 Å². The molecule has 0 aliphatic carbocycles. The minimum atomic E-state index is -0.608. The first-order valence-corrected chi connectivity index (χ1v) is 3.06. The molecule has 0 aliphatic heterocycles. The molecular weight excluding hydrogens is 144 g/mol. The summed E-state index contributed by atoms with van der Waals surface area (Å²) in [6, 6.07) is 1.94. The predicted octanol–water partition coefficient (Wildman–Crippen LogP) is 0.0262. The van der Waals surface area contributed by atoms with Gasteiger partial charge in [-0.3, -0.25) is 0 Å². The Hall–Kier alpha value is -1.41. The van der Waals surface area contributed by atoms with Gasteiger partial charge in [0, 0.05) is 14.2 Å². The van der Waals surface area contributed by atoms with Crippen molar-refractivity contribution in [2.24, 2.45) is 7.05 Å². The van der Waals surface area contributed by atoms with Crippen LogP contribution in [0.25, 0.3) is 0 Å². The quantitative estimate of drug-likeness (QED) is 0.599. The van der Waals surface area contributed by atoms with Crippen LogP contribution in [-0.2, 0) is 11.8 Å². The fourth-order valence-corrected chi connectivity index (χ4v) is 0.721. The Labute approximate surface area is 64.2 Å². The summed E-state index contributed by atoms with van der Waals surface area (Å²) >= 11 is 0. The highest BCUT2D eigenvalue weighted by Crippen LogP contribution is 2.09. The van der Waals surface area contributed by atoms with Crippen LogP contribution in [0.3, 0.4) is 0 Å². The number of rotatable bonds is 2. The molecule has 1 heterocycles. The summed E-state index contributed by atoms with van der Waals surface area (Å²) in [7, 11) is 3.15. The number of hydrogen-bond donors (Lipinski definition) is 0. The molecule has 5 heteroatoms. The van der Waals surface area contributed by atoms with E-state index in [0.717, 1.165) is 0 Å². The first-order valence-electron chi connectivity index (χ1n) is 3.06. The van der Waals surface area contributed by atoms with Crippen LogP contribution in [0.2, 0.25) is 0 Å². The zero-order valence-corrected chi connectivity index (χ0v) is 6.35. The Morgan fingerprint density at radius 3 is 2.91 bits per heavy atom. The van der Waals surface area contributed by atoms with Gasteiger partial charge in [-0.2, -0.15) is 20.3 Å². The number of ether oxygens (including phenoxy) is 1. The van der Waals surface area contributed by atoms with Gasteiger partial charge in [-0.15, -0.1) is 0 Å². The van der Waals surface area contributed by atoms with Gasteiger partial charge in [-0.25, -0.2) is 0 Å². The first kappa shape index (κ1) is 7.69. The van der Waals surface area contributed by atoms with Crippen molar-refractivity contribution in [2.45, 2.75) is 6.10 Å². The van der Waals surface area contributed by atoms with Crippen molar-refractivity contribution in [3.63, 3.8) is 0 Å². The van der Waals surface area contributed by atoms with Crippen LogP contribution in [0.5, 0.6) is 0 Å². The van der Waals surface area contributed by atoms with Crippen LogP contribution in [0.1, 0.15) is 11.8 Å². The van der Waals surface area contributed by atoms with Crippen LogP contribution < -0.4 is 0 Å². The third-order valence-electron chi connectivity index (χ3n) is 1.24. The third kappa shape index (κ3) is 1.53. The molecule has 0 aromatic carbocycles. The molecule has 1 aromatic rings. The second-order valence-corrected chi connectivity index (χ2v) is 2.00. The van der Waals surface area contributed by atoms with E-state index in [2.05, 4.69) is 10.2 Å². The van der Waals surface area contributed by atoms with Crippen molar-refractivity contribution in [2.75, 3.05) is 7.11 Å². The molecule has 0 fully saturated rings. The Balaban J connectivity index is 2.84. The van der Waals surface area contributed by atoms with Crippen molar-refractivity contribution < 1.29 is 4.74 Å². The maximum atomic E-state index is 8.54. The molecular formula is C6H8N4O. The SMILES string of the molecule is COC(C#N)c1cnn(C)n1. The highest BCUT2D eigenvalue weighted by molar-refractivity contribution is 5.06. The van der Waals surface area contributed by atoms with Crippen LogP contribution in [0.4, 0.5) is 0 Å². The number of nitriles is 1. The highest BCUT2D eigenvalue weighted by Gasteiger charge is 2.11. The molecule has 0 radical (unpaired) electrons. The second kappa shape index (κ2) is 3.12. The highest BCUT2D eigenvalue weighted by atomic mass is 16.5. The molecule has 0 N–H and O–H groups in total. The number of methoxy groups -OCH3 is 1. The minimum absolute atomic E-state index is 0.539. The van der Waals surface area contributed by atoms with Gasteiger partial charge >= 0.3 is 0 Å². The van der Waals surface area contributed by atoms with Crippen molar-refractivity contribution in [3.05, 3.63) is 11.9 Å². The third-order valence-corrected chi connectivity index (χ3v) is 1.24. The normalized spacial score (nSPS) is 12.5. The standard InChI is InChI=1S/C6H8N4O/c1-10-8-4-5(9-10)6(3-7)11-2/h4,6H,1-2H3. The van der Waals surface area contributed by atoms with Gasteiger partial charge in [-0.05, 0) is 0 Å². The zero-order valence-electron chi connectivity index (χ0n) is 6.35. The summed E-state index contributed by atoms with van der Waals surface area (Å²) in [4.78, 5) is 1.39. The Morgan fingerprint density at radius 1 is 1.82 bits per heavy atom. The lowest BCUT2D eigenvalue weighted by atomic mass is 10.3. The fourth-order valence-electron chi connectivity index (χ4n) is 0.721. The molecule has 58 valence electrons. The molecule has 0 bridgehead atoms. The van der Waals surface area contributed by atoms with Crippen LogP contribution >= 0.6 is 0 Å². The molecule has 0 saturated heterocycles. The lowest BCUT2D eigenvalue weighted by Gasteiger charge is -1.99. The van der Waals surface area contributed by atoms with Gasteiger partial charge in [0.25, 0.3) is 0 Å². The van der Waals surface area contributed by atoms with Crippen molar-refractivity contribution in [3.8, 4) is 6.07 Å². The summed E-state index contributed by atoms with van der Waals surface area (Å²) in [6.07, 6.45) is 0.904. The van der Waals surface area contributed by atoms with Crippen molar-refractivity contribution >= 4 is 0 Å². The lowest BCUT2D eigenvalue weighted by Crippen LogP contribution is -2.00. The molecule has 1 unspecified atom stereocenters. The van der Waals surface area contributed by atoms with Gasteiger partial charge < -0.3 is 4.74 Å². The lowest BCUT2D eigenvalue weighted by molar-refractivity contribution is 0.144. The molecule has 1 atom stereocenters. The smallest absolute Gasteiger partial charge is 0.188 e. The van der Waals surface area contributed by atoms with Crippen LogP contribution in [0.15, 0.2) is 6.20 Å².